The smallest absolute Gasteiger partial charge is 0.306 e. The fraction of sp³-hybridized carbons (Fsp3) is 0.533. The average Bonchev–Trinajstić information content (AvgIpc) is 2.41. The molecule has 3 heteroatoms. The minimum absolute atomic E-state index is 0.115. The topological polar surface area (TPSA) is 38.3 Å². The van der Waals surface area contributed by atoms with E-state index < -0.39 is 0 Å². The Morgan fingerprint density at radius 1 is 1.17 bits per heavy atom. The van der Waals surface area contributed by atoms with Gasteiger partial charge in [-0.05, 0) is 31.5 Å². The average molecular weight is 249 g/mol. The molecule has 0 fully saturated rings. The van der Waals surface area contributed by atoms with Gasteiger partial charge in [0.05, 0.1) is 0 Å². The SMILES string of the molecule is CCCCNCCCC(=O)OCc1ccccc1. The Morgan fingerprint density at radius 3 is 2.61 bits per heavy atom. The predicted molar refractivity (Wildman–Crippen MR) is 73.2 cm³/mol. The van der Waals surface area contributed by atoms with Crippen LogP contribution in [0.3, 0.4) is 0 Å². The van der Waals surface area contributed by atoms with E-state index in [-0.39, 0.29) is 5.97 Å². The molecule has 1 rings (SSSR count). The molecule has 0 saturated carbocycles. The molecule has 0 aliphatic heterocycles. The van der Waals surface area contributed by atoms with Crippen LogP contribution in [0.4, 0.5) is 0 Å². The van der Waals surface area contributed by atoms with Crippen LogP contribution in [0, 0.1) is 0 Å². The molecular formula is C15H23NO2. The zero-order valence-corrected chi connectivity index (χ0v) is 11.2. The van der Waals surface area contributed by atoms with Crippen molar-refractivity contribution in [1.82, 2.24) is 5.32 Å². The number of ether oxygens (including phenoxy) is 1. The molecule has 1 aromatic carbocycles. The first-order valence-electron chi connectivity index (χ1n) is 6.73. The number of esters is 1. The van der Waals surface area contributed by atoms with Gasteiger partial charge in [-0.2, -0.15) is 0 Å². The zero-order valence-electron chi connectivity index (χ0n) is 11.2. The highest BCUT2D eigenvalue weighted by atomic mass is 16.5. The highest BCUT2D eigenvalue weighted by Crippen LogP contribution is 2.02. The van der Waals surface area contributed by atoms with Gasteiger partial charge in [0.15, 0.2) is 0 Å². The van der Waals surface area contributed by atoms with Gasteiger partial charge >= 0.3 is 5.97 Å². The van der Waals surface area contributed by atoms with Crippen LogP contribution in [-0.4, -0.2) is 19.1 Å². The number of rotatable bonds is 9. The van der Waals surface area contributed by atoms with E-state index in [2.05, 4.69) is 12.2 Å². The summed E-state index contributed by atoms with van der Waals surface area (Å²) in [4.78, 5) is 11.5. The summed E-state index contributed by atoms with van der Waals surface area (Å²) in [6.45, 7) is 4.47. The highest BCUT2D eigenvalue weighted by Gasteiger charge is 2.02. The quantitative estimate of drug-likeness (QED) is 0.540. The second-order valence-corrected chi connectivity index (χ2v) is 4.35. The Labute approximate surface area is 110 Å². The molecular weight excluding hydrogens is 226 g/mol. The molecule has 0 saturated heterocycles. The third-order valence-electron chi connectivity index (χ3n) is 2.68. The molecule has 0 aliphatic carbocycles. The van der Waals surface area contributed by atoms with Gasteiger partial charge in [-0.3, -0.25) is 4.79 Å². The second-order valence-electron chi connectivity index (χ2n) is 4.35. The van der Waals surface area contributed by atoms with Crippen LogP contribution < -0.4 is 5.32 Å². The molecule has 0 aliphatic rings. The Kier molecular flexibility index (Phi) is 7.89. The summed E-state index contributed by atoms with van der Waals surface area (Å²) in [5, 5.41) is 3.31. The number of hydrogen-bond acceptors (Lipinski definition) is 3. The number of unbranched alkanes of at least 4 members (excludes halogenated alkanes) is 1. The number of carbonyl (C=O) groups excluding carboxylic acids is 1. The molecule has 0 amide bonds. The molecule has 0 unspecified atom stereocenters. The van der Waals surface area contributed by atoms with E-state index in [0.717, 1.165) is 25.1 Å². The lowest BCUT2D eigenvalue weighted by molar-refractivity contribution is -0.145. The molecule has 1 aromatic rings. The lowest BCUT2D eigenvalue weighted by Crippen LogP contribution is -2.17. The van der Waals surface area contributed by atoms with E-state index in [4.69, 9.17) is 4.74 Å². The van der Waals surface area contributed by atoms with E-state index in [0.29, 0.717) is 13.0 Å². The Balaban J connectivity index is 2.01. The fourth-order valence-corrected chi connectivity index (χ4v) is 1.59. The third-order valence-corrected chi connectivity index (χ3v) is 2.68. The molecule has 0 atom stereocenters. The van der Waals surface area contributed by atoms with Crippen molar-refractivity contribution in [2.45, 2.75) is 39.2 Å². The third kappa shape index (κ3) is 7.07. The molecule has 3 nitrogen and oxygen atoms in total. The standard InChI is InChI=1S/C15H23NO2/c1-2-3-11-16-12-7-10-15(17)18-13-14-8-5-4-6-9-14/h4-6,8-9,16H,2-3,7,10-13H2,1H3. The Morgan fingerprint density at radius 2 is 1.89 bits per heavy atom. The lowest BCUT2D eigenvalue weighted by atomic mass is 10.2. The minimum Gasteiger partial charge on any atom is -0.461 e. The first kappa shape index (κ1) is 14.7. The maximum atomic E-state index is 11.5. The summed E-state index contributed by atoms with van der Waals surface area (Å²) in [5.41, 5.74) is 1.03. The number of carbonyl (C=O) groups is 1. The maximum Gasteiger partial charge on any atom is 0.306 e. The van der Waals surface area contributed by atoms with Gasteiger partial charge in [-0.1, -0.05) is 43.7 Å². The van der Waals surface area contributed by atoms with Crippen LogP contribution in [-0.2, 0) is 16.1 Å². The van der Waals surface area contributed by atoms with Crippen molar-refractivity contribution in [3.8, 4) is 0 Å². The van der Waals surface area contributed by atoms with E-state index in [1.807, 2.05) is 30.3 Å². The molecule has 18 heavy (non-hydrogen) atoms. The van der Waals surface area contributed by atoms with Crippen LogP contribution >= 0.6 is 0 Å². The van der Waals surface area contributed by atoms with Crippen molar-refractivity contribution in [1.29, 1.82) is 0 Å². The molecule has 0 aromatic heterocycles. The van der Waals surface area contributed by atoms with E-state index in [9.17, 15) is 4.79 Å². The van der Waals surface area contributed by atoms with E-state index in [1.54, 1.807) is 0 Å². The number of nitrogens with one attached hydrogen (secondary N) is 1. The van der Waals surface area contributed by atoms with Gasteiger partial charge in [0.1, 0.15) is 6.61 Å². The first-order valence-corrected chi connectivity index (χ1v) is 6.73. The molecule has 1 N–H and O–H groups in total. The normalized spacial score (nSPS) is 10.3. The van der Waals surface area contributed by atoms with Gasteiger partial charge in [0.25, 0.3) is 0 Å². The minimum atomic E-state index is -0.115. The van der Waals surface area contributed by atoms with Crippen LogP contribution in [0.25, 0.3) is 0 Å². The van der Waals surface area contributed by atoms with Crippen molar-refractivity contribution in [3.63, 3.8) is 0 Å². The molecule has 0 radical (unpaired) electrons. The summed E-state index contributed by atoms with van der Waals surface area (Å²) in [6, 6.07) is 9.76. The lowest BCUT2D eigenvalue weighted by Gasteiger charge is -2.05. The van der Waals surface area contributed by atoms with Crippen LogP contribution in [0.1, 0.15) is 38.2 Å². The van der Waals surface area contributed by atoms with Crippen LogP contribution in [0.2, 0.25) is 0 Å². The van der Waals surface area contributed by atoms with Gasteiger partial charge in [-0.15, -0.1) is 0 Å². The van der Waals surface area contributed by atoms with E-state index in [1.165, 1.54) is 12.8 Å². The number of hydrogen-bond donors (Lipinski definition) is 1. The van der Waals surface area contributed by atoms with E-state index >= 15 is 0 Å². The van der Waals surface area contributed by atoms with Gasteiger partial charge in [0, 0.05) is 6.42 Å². The predicted octanol–water partition coefficient (Wildman–Crippen LogP) is 2.90. The van der Waals surface area contributed by atoms with Crippen molar-refractivity contribution >= 4 is 5.97 Å². The fourth-order valence-electron chi connectivity index (χ4n) is 1.59. The highest BCUT2D eigenvalue weighted by molar-refractivity contribution is 5.69. The maximum absolute atomic E-state index is 11.5. The van der Waals surface area contributed by atoms with Crippen LogP contribution in [0.5, 0.6) is 0 Å². The molecule has 0 spiro atoms. The monoisotopic (exact) mass is 249 g/mol. The zero-order chi connectivity index (χ0) is 13.1. The van der Waals surface area contributed by atoms with Crippen molar-refractivity contribution in [2.75, 3.05) is 13.1 Å². The van der Waals surface area contributed by atoms with Crippen LogP contribution in [0.15, 0.2) is 30.3 Å². The Hall–Kier alpha value is -1.35. The summed E-state index contributed by atoms with van der Waals surface area (Å²) in [7, 11) is 0. The largest absolute Gasteiger partial charge is 0.461 e. The second kappa shape index (κ2) is 9.66. The summed E-state index contributed by atoms with van der Waals surface area (Å²) in [6.07, 6.45) is 3.73. The Bertz CT molecular complexity index is 325. The first-order chi connectivity index (χ1) is 8.83. The van der Waals surface area contributed by atoms with Crippen molar-refractivity contribution in [3.05, 3.63) is 35.9 Å². The van der Waals surface area contributed by atoms with Gasteiger partial charge in [-0.25, -0.2) is 0 Å². The van der Waals surface area contributed by atoms with Gasteiger partial charge in [0.2, 0.25) is 0 Å². The molecule has 100 valence electrons. The van der Waals surface area contributed by atoms with Gasteiger partial charge < -0.3 is 10.1 Å². The summed E-state index contributed by atoms with van der Waals surface area (Å²) in [5.74, 6) is -0.115. The summed E-state index contributed by atoms with van der Waals surface area (Å²) < 4.78 is 5.19. The summed E-state index contributed by atoms with van der Waals surface area (Å²) >= 11 is 0. The number of benzene rings is 1. The molecule has 0 bridgehead atoms. The van der Waals surface area contributed by atoms with Crippen molar-refractivity contribution in [2.24, 2.45) is 0 Å². The molecule has 0 heterocycles. The van der Waals surface area contributed by atoms with Crippen molar-refractivity contribution < 1.29 is 9.53 Å².